The van der Waals surface area contributed by atoms with Crippen LogP contribution >= 0.6 is 15.9 Å². The van der Waals surface area contributed by atoms with Gasteiger partial charge in [-0.3, -0.25) is 9.36 Å². The predicted molar refractivity (Wildman–Crippen MR) is 99.8 cm³/mol. The Balaban J connectivity index is 2.00. The van der Waals surface area contributed by atoms with Crippen LogP contribution in [0.4, 0.5) is 13.2 Å². The van der Waals surface area contributed by atoms with E-state index in [0.29, 0.717) is 5.56 Å². The molecule has 8 heteroatoms. The van der Waals surface area contributed by atoms with E-state index < -0.39 is 28.7 Å². The molecule has 0 saturated heterocycles. The summed E-state index contributed by atoms with van der Waals surface area (Å²) in [7, 11) is 0. The van der Waals surface area contributed by atoms with E-state index in [2.05, 4.69) is 15.9 Å². The predicted octanol–water partition coefficient (Wildman–Crippen LogP) is 4.78. The van der Waals surface area contributed by atoms with E-state index in [1.54, 1.807) is 0 Å². The molecule has 0 spiro atoms. The molecule has 2 aromatic carbocycles. The van der Waals surface area contributed by atoms with Crippen molar-refractivity contribution in [1.82, 2.24) is 4.57 Å². The van der Waals surface area contributed by atoms with Crippen molar-refractivity contribution in [3.8, 4) is 17.5 Å². The summed E-state index contributed by atoms with van der Waals surface area (Å²) in [6, 6.07) is 10.3. The number of nitriles is 1. The number of rotatable bonds is 4. The molecule has 1 heterocycles. The number of para-hydroxylation sites is 1. The molecule has 0 aliphatic rings. The van der Waals surface area contributed by atoms with Crippen molar-refractivity contribution in [3.05, 3.63) is 91.6 Å². The second kappa shape index (κ2) is 7.90. The zero-order valence-electron chi connectivity index (χ0n) is 14.5. The number of ether oxygens (including phenoxy) is 1. The maximum absolute atomic E-state index is 14.1. The van der Waals surface area contributed by atoms with Crippen LogP contribution in [0.15, 0.2) is 51.7 Å². The second-order valence-corrected chi connectivity index (χ2v) is 6.67. The minimum Gasteiger partial charge on any atom is -0.487 e. The van der Waals surface area contributed by atoms with Crippen LogP contribution in [0.1, 0.15) is 16.8 Å². The number of hydrogen-bond acceptors (Lipinski definition) is 3. The average Bonchev–Trinajstić information content (AvgIpc) is 2.66. The van der Waals surface area contributed by atoms with E-state index in [1.807, 2.05) is 6.07 Å². The fourth-order valence-electron chi connectivity index (χ4n) is 2.70. The molecule has 0 N–H and O–H groups in total. The van der Waals surface area contributed by atoms with Crippen LogP contribution < -0.4 is 10.3 Å². The number of aromatic nitrogens is 1. The van der Waals surface area contributed by atoms with E-state index >= 15 is 0 Å². The molecule has 0 fully saturated rings. The number of halogens is 4. The third-order valence-corrected chi connectivity index (χ3v) is 4.77. The van der Waals surface area contributed by atoms with Crippen molar-refractivity contribution in [3.63, 3.8) is 0 Å². The van der Waals surface area contributed by atoms with Crippen LogP contribution in [-0.2, 0) is 6.61 Å². The molecule has 4 nitrogen and oxygen atoms in total. The molecule has 3 rings (SSSR count). The maximum atomic E-state index is 14.1. The van der Waals surface area contributed by atoms with Gasteiger partial charge in [0, 0.05) is 17.3 Å². The molecule has 0 aliphatic heterocycles. The van der Waals surface area contributed by atoms with Gasteiger partial charge in [-0.15, -0.1) is 0 Å². The van der Waals surface area contributed by atoms with E-state index in [4.69, 9.17) is 10.00 Å². The lowest BCUT2D eigenvalue weighted by Crippen LogP contribution is -2.24. The summed E-state index contributed by atoms with van der Waals surface area (Å²) >= 11 is 3.10. The molecule has 3 aromatic rings. The highest BCUT2D eigenvalue weighted by atomic mass is 79.9. The number of aryl methyl sites for hydroxylation is 1. The third kappa shape index (κ3) is 3.66. The van der Waals surface area contributed by atoms with Gasteiger partial charge in [0.15, 0.2) is 0 Å². The first kappa shape index (κ1) is 19.7. The molecule has 1 aromatic heterocycles. The summed E-state index contributed by atoms with van der Waals surface area (Å²) in [6.45, 7) is 1.41. The Morgan fingerprint density at radius 3 is 2.46 bits per heavy atom. The van der Waals surface area contributed by atoms with Gasteiger partial charge in [0.2, 0.25) is 0 Å². The Labute approximate surface area is 166 Å². The van der Waals surface area contributed by atoms with Crippen molar-refractivity contribution >= 4 is 15.9 Å². The zero-order chi connectivity index (χ0) is 20.4. The Kier molecular flexibility index (Phi) is 5.56. The summed E-state index contributed by atoms with van der Waals surface area (Å²) in [5, 5.41) is 9.09. The fourth-order valence-corrected chi connectivity index (χ4v) is 3.11. The highest BCUT2D eigenvalue weighted by molar-refractivity contribution is 9.10. The third-order valence-electron chi connectivity index (χ3n) is 4.04. The summed E-state index contributed by atoms with van der Waals surface area (Å²) in [6.07, 6.45) is 0. The van der Waals surface area contributed by atoms with Crippen LogP contribution in [0, 0.1) is 35.7 Å². The van der Waals surface area contributed by atoms with Gasteiger partial charge in [-0.2, -0.15) is 5.26 Å². The second-order valence-electron chi connectivity index (χ2n) is 5.88. The quantitative estimate of drug-likeness (QED) is 0.577. The Bertz CT molecular complexity index is 1150. The minimum atomic E-state index is -0.879. The van der Waals surface area contributed by atoms with Crippen molar-refractivity contribution in [2.24, 2.45) is 0 Å². The molecule has 0 bridgehead atoms. The van der Waals surface area contributed by atoms with Gasteiger partial charge in [0.25, 0.3) is 5.56 Å². The van der Waals surface area contributed by atoms with Crippen LogP contribution in [0.25, 0.3) is 5.69 Å². The molecule has 0 unspecified atom stereocenters. The van der Waals surface area contributed by atoms with E-state index in [-0.39, 0.29) is 28.1 Å². The van der Waals surface area contributed by atoms with Gasteiger partial charge in [-0.1, -0.05) is 12.1 Å². The number of pyridine rings is 1. The topological polar surface area (TPSA) is 55.0 Å². The van der Waals surface area contributed by atoms with Gasteiger partial charge in [0.05, 0.1) is 11.6 Å². The number of benzene rings is 2. The first-order chi connectivity index (χ1) is 13.3. The molecule has 0 aliphatic carbocycles. The van der Waals surface area contributed by atoms with Crippen molar-refractivity contribution in [2.75, 3.05) is 0 Å². The molecular formula is C20H12BrF3N2O2. The van der Waals surface area contributed by atoms with E-state index in [9.17, 15) is 18.0 Å². The Hall–Kier alpha value is -3.05. The SMILES string of the molecule is Cc1cc(OCc2ccc(F)cc2C#N)c(Br)c(=O)n1-c1c(F)cccc1F. The number of nitrogens with zero attached hydrogens (tertiary/aromatic N) is 2. The first-order valence-corrected chi connectivity index (χ1v) is 8.80. The molecule has 28 heavy (non-hydrogen) atoms. The lowest BCUT2D eigenvalue weighted by atomic mass is 10.1. The van der Waals surface area contributed by atoms with Crippen LogP contribution in [0.5, 0.6) is 5.75 Å². The van der Waals surface area contributed by atoms with Gasteiger partial charge in [-0.25, -0.2) is 13.2 Å². The molecular weight excluding hydrogens is 437 g/mol. The standard InChI is InChI=1S/C20H12BrF3N2O2/c1-11-7-17(28-10-12-5-6-14(22)8-13(12)9-25)18(21)20(27)26(11)19-15(23)3-2-4-16(19)24/h2-8H,10H2,1H3. The molecule has 0 atom stereocenters. The normalized spacial score (nSPS) is 10.6. The summed E-state index contributed by atoms with van der Waals surface area (Å²) < 4.78 is 47.9. The van der Waals surface area contributed by atoms with Gasteiger partial charge < -0.3 is 4.74 Å². The molecule has 0 saturated carbocycles. The van der Waals surface area contributed by atoms with Crippen molar-refractivity contribution in [2.45, 2.75) is 13.5 Å². The van der Waals surface area contributed by atoms with Crippen molar-refractivity contribution < 1.29 is 17.9 Å². The van der Waals surface area contributed by atoms with Crippen LogP contribution in [0.3, 0.4) is 0 Å². The molecule has 0 radical (unpaired) electrons. The van der Waals surface area contributed by atoms with E-state index in [1.165, 1.54) is 31.2 Å². The largest absolute Gasteiger partial charge is 0.487 e. The molecule has 0 amide bonds. The highest BCUT2D eigenvalue weighted by Gasteiger charge is 2.19. The van der Waals surface area contributed by atoms with Crippen LogP contribution in [0.2, 0.25) is 0 Å². The van der Waals surface area contributed by atoms with Gasteiger partial charge in [0.1, 0.15) is 40.0 Å². The maximum Gasteiger partial charge on any atom is 0.273 e. The zero-order valence-corrected chi connectivity index (χ0v) is 16.1. The minimum absolute atomic E-state index is 0.0404. The van der Waals surface area contributed by atoms with Gasteiger partial charge in [-0.05, 0) is 47.1 Å². The van der Waals surface area contributed by atoms with Crippen molar-refractivity contribution in [1.29, 1.82) is 5.26 Å². The number of hydrogen-bond donors (Lipinski definition) is 0. The summed E-state index contributed by atoms with van der Waals surface area (Å²) in [4.78, 5) is 12.7. The lowest BCUT2D eigenvalue weighted by molar-refractivity contribution is 0.302. The summed E-state index contributed by atoms with van der Waals surface area (Å²) in [5.41, 5.74) is -0.416. The monoisotopic (exact) mass is 448 g/mol. The first-order valence-electron chi connectivity index (χ1n) is 8.01. The average molecular weight is 449 g/mol. The summed E-state index contributed by atoms with van der Waals surface area (Å²) in [5.74, 6) is -2.18. The van der Waals surface area contributed by atoms with Gasteiger partial charge >= 0.3 is 0 Å². The molecule has 142 valence electrons. The Morgan fingerprint density at radius 2 is 1.82 bits per heavy atom. The van der Waals surface area contributed by atoms with E-state index in [0.717, 1.165) is 22.8 Å². The fraction of sp³-hybridized carbons (Fsp3) is 0.100. The highest BCUT2D eigenvalue weighted by Crippen LogP contribution is 2.27. The van der Waals surface area contributed by atoms with Crippen LogP contribution in [-0.4, -0.2) is 4.57 Å². The Morgan fingerprint density at radius 1 is 1.14 bits per heavy atom. The smallest absolute Gasteiger partial charge is 0.273 e. The lowest BCUT2D eigenvalue weighted by Gasteiger charge is -2.16.